The molecule has 1 aromatic heterocycles. The summed E-state index contributed by atoms with van der Waals surface area (Å²) in [5, 5.41) is 7.45. The van der Waals surface area contributed by atoms with Gasteiger partial charge < -0.3 is 14.6 Å². The second-order valence-electron chi connectivity index (χ2n) is 5.93. The van der Waals surface area contributed by atoms with Crippen molar-refractivity contribution in [3.63, 3.8) is 0 Å². The lowest BCUT2D eigenvalue weighted by Gasteiger charge is -2.15. The van der Waals surface area contributed by atoms with E-state index in [2.05, 4.69) is 15.5 Å². The van der Waals surface area contributed by atoms with Gasteiger partial charge in [-0.05, 0) is 32.0 Å². The maximum absolute atomic E-state index is 12.2. The second kappa shape index (κ2) is 8.41. The number of nitrogens with zero attached hydrogens (tertiary/aromatic N) is 2. The van der Waals surface area contributed by atoms with Crippen LogP contribution in [0.4, 0.5) is 0 Å². The number of rotatable bonds is 6. The highest BCUT2D eigenvalue weighted by Crippen LogP contribution is 2.28. The van der Waals surface area contributed by atoms with Gasteiger partial charge in [0.2, 0.25) is 11.7 Å². The van der Waals surface area contributed by atoms with E-state index in [4.69, 9.17) is 32.5 Å². The largest absolute Gasteiger partial charge is 0.479 e. The van der Waals surface area contributed by atoms with Gasteiger partial charge in [-0.3, -0.25) is 4.79 Å². The van der Waals surface area contributed by atoms with Gasteiger partial charge in [0.25, 0.3) is 5.91 Å². The molecule has 1 atom stereocenters. The van der Waals surface area contributed by atoms with Crippen molar-refractivity contribution in [1.82, 2.24) is 15.5 Å². The van der Waals surface area contributed by atoms with Crippen LogP contribution in [0, 0.1) is 6.92 Å². The van der Waals surface area contributed by atoms with Crippen LogP contribution in [-0.4, -0.2) is 22.2 Å². The molecule has 0 radical (unpaired) electrons. The van der Waals surface area contributed by atoms with Crippen molar-refractivity contribution in [3.05, 3.63) is 64.0 Å². The minimum Gasteiger partial charge on any atom is -0.479 e. The normalized spacial score (nSPS) is 11.9. The van der Waals surface area contributed by atoms with Crippen LogP contribution in [0.25, 0.3) is 11.4 Å². The average molecular weight is 406 g/mol. The Labute approximate surface area is 166 Å². The smallest absolute Gasteiger partial charge is 0.261 e. The SMILES string of the molecule is Cc1ccc(-c2noc(CNC(=O)[C@@H](C)Oc3ccc(Cl)cc3Cl)n2)cc1. The second-order valence-corrected chi connectivity index (χ2v) is 6.77. The summed E-state index contributed by atoms with van der Waals surface area (Å²) in [6.45, 7) is 3.72. The molecular formula is C19H17Cl2N3O3. The third kappa shape index (κ3) is 4.99. The molecule has 0 fully saturated rings. The Morgan fingerprint density at radius 3 is 2.67 bits per heavy atom. The highest BCUT2D eigenvalue weighted by molar-refractivity contribution is 6.35. The molecule has 0 aliphatic carbocycles. The molecule has 1 amide bonds. The lowest BCUT2D eigenvalue weighted by Crippen LogP contribution is -2.36. The summed E-state index contributed by atoms with van der Waals surface area (Å²) in [6, 6.07) is 12.6. The molecule has 0 unspecified atom stereocenters. The molecule has 0 aliphatic heterocycles. The van der Waals surface area contributed by atoms with Gasteiger partial charge in [-0.2, -0.15) is 4.98 Å². The quantitative estimate of drug-likeness (QED) is 0.655. The lowest BCUT2D eigenvalue weighted by atomic mass is 10.1. The van der Waals surface area contributed by atoms with Crippen molar-refractivity contribution in [2.24, 2.45) is 0 Å². The summed E-state index contributed by atoms with van der Waals surface area (Å²) < 4.78 is 10.7. The predicted octanol–water partition coefficient (Wildman–Crippen LogP) is 4.44. The minimum absolute atomic E-state index is 0.0970. The Kier molecular flexibility index (Phi) is 5.98. The first kappa shape index (κ1) is 19.2. The van der Waals surface area contributed by atoms with E-state index in [9.17, 15) is 4.79 Å². The molecule has 0 spiro atoms. The molecule has 140 valence electrons. The van der Waals surface area contributed by atoms with Crippen LogP contribution in [0.5, 0.6) is 5.75 Å². The number of hydrogen-bond donors (Lipinski definition) is 1. The Morgan fingerprint density at radius 1 is 1.22 bits per heavy atom. The lowest BCUT2D eigenvalue weighted by molar-refractivity contribution is -0.127. The first-order valence-corrected chi connectivity index (χ1v) is 8.97. The van der Waals surface area contributed by atoms with E-state index in [0.29, 0.717) is 27.5 Å². The first-order chi connectivity index (χ1) is 12.9. The van der Waals surface area contributed by atoms with Gasteiger partial charge in [0.05, 0.1) is 11.6 Å². The van der Waals surface area contributed by atoms with E-state index >= 15 is 0 Å². The first-order valence-electron chi connectivity index (χ1n) is 8.21. The van der Waals surface area contributed by atoms with Crippen molar-refractivity contribution in [1.29, 1.82) is 0 Å². The molecule has 3 aromatic rings. The third-order valence-electron chi connectivity index (χ3n) is 3.76. The monoisotopic (exact) mass is 405 g/mol. The van der Waals surface area contributed by atoms with Gasteiger partial charge in [-0.25, -0.2) is 0 Å². The van der Waals surface area contributed by atoms with Crippen molar-refractivity contribution in [2.45, 2.75) is 26.5 Å². The molecule has 0 saturated carbocycles. The van der Waals surface area contributed by atoms with Crippen molar-refractivity contribution >= 4 is 29.1 Å². The molecule has 0 saturated heterocycles. The number of aromatic nitrogens is 2. The molecule has 2 aromatic carbocycles. The van der Waals surface area contributed by atoms with Crippen molar-refractivity contribution < 1.29 is 14.1 Å². The van der Waals surface area contributed by atoms with Crippen LogP contribution in [0.2, 0.25) is 10.0 Å². The van der Waals surface area contributed by atoms with E-state index in [0.717, 1.165) is 11.1 Å². The van der Waals surface area contributed by atoms with Crippen LogP contribution in [0.1, 0.15) is 18.4 Å². The third-order valence-corrected chi connectivity index (χ3v) is 4.29. The number of hydrogen-bond acceptors (Lipinski definition) is 5. The zero-order valence-electron chi connectivity index (χ0n) is 14.7. The zero-order chi connectivity index (χ0) is 19.4. The van der Waals surface area contributed by atoms with Gasteiger partial charge >= 0.3 is 0 Å². The van der Waals surface area contributed by atoms with Crippen LogP contribution in [-0.2, 0) is 11.3 Å². The standard InChI is InChI=1S/C19H17Cl2N3O3/c1-11-3-5-13(6-4-11)18-23-17(27-24-18)10-22-19(25)12(2)26-16-8-7-14(20)9-15(16)21/h3-9,12H,10H2,1-2H3,(H,22,25)/t12-/m1/s1. The Balaban J connectivity index is 1.56. The Hall–Kier alpha value is -2.57. The fourth-order valence-electron chi connectivity index (χ4n) is 2.27. The highest BCUT2D eigenvalue weighted by atomic mass is 35.5. The molecule has 0 aliphatic rings. The zero-order valence-corrected chi connectivity index (χ0v) is 16.2. The number of carbonyl (C=O) groups is 1. The molecule has 8 heteroatoms. The number of aryl methyl sites for hydroxylation is 1. The Morgan fingerprint density at radius 2 is 1.96 bits per heavy atom. The van der Waals surface area contributed by atoms with E-state index < -0.39 is 6.10 Å². The van der Waals surface area contributed by atoms with Crippen molar-refractivity contribution in [2.75, 3.05) is 0 Å². The fourth-order valence-corrected chi connectivity index (χ4v) is 2.72. The molecule has 3 rings (SSSR count). The summed E-state index contributed by atoms with van der Waals surface area (Å²) in [7, 11) is 0. The van der Waals surface area contributed by atoms with Gasteiger partial charge in [-0.15, -0.1) is 0 Å². The number of halogens is 2. The molecule has 27 heavy (non-hydrogen) atoms. The van der Waals surface area contributed by atoms with Crippen LogP contribution >= 0.6 is 23.2 Å². The fraction of sp³-hybridized carbons (Fsp3) is 0.211. The van der Waals surface area contributed by atoms with Gasteiger partial charge in [0, 0.05) is 10.6 Å². The molecule has 6 nitrogen and oxygen atoms in total. The van der Waals surface area contributed by atoms with Gasteiger partial charge in [0.1, 0.15) is 5.75 Å². The Bertz CT molecular complexity index is 942. The maximum Gasteiger partial charge on any atom is 0.261 e. The van der Waals surface area contributed by atoms with Crippen LogP contribution in [0.15, 0.2) is 47.0 Å². The number of nitrogens with one attached hydrogen (secondary N) is 1. The summed E-state index contributed by atoms with van der Waals surface area (Å²) in [5.74, 6) is 0.811. The summed E-state index contributed by atoms with van der Waals surface area (Å²) in [4.78, 5) is 16.5. The summed E-state index contributed by atoms with van der Waals surface area (Å²) in [6.07, 6.45) is -0.761. The topological polar surface area (TPSA) is 77.2 Å². The van der Waals surface area contributed by atoms with E-state index in [1.807, 2.05) is 31.2 Å². The van der Waals surface area contributed by atoms with E-state index in [1.165, 1.54) is 0 Å². The van der Waals surface area contributed by atoms with E-state index in [-0.39, 0.29) is 12.5 Å². The molecule has 1 heterocycles. The molecule has 1 N–H and O–H groups in total. The predicted molar refractivity (Wildman–Crippen MR) is 103 cm³/mol. The van der Waals surface area contributed by atoms with Crippen LogP contribution < -0.4 is 10.1 Å². The van der Waals surface area contributed by atoms with Crippen LogP contribution in [0.3, 0.4) is 0 Å². The molecular weight excluding hydrogens is 389 g/mol. The number of ether oxygens (including phenoxy) is 1. The number of carbonyl (C=O) groups excluding carboxylic acids is 1. The van der Waals surface area contributed by atoms with E-state index in [1.54, 1.807) is 25.1 Å². The number of amides is 1. The summed E-state index contributed by atoms with van der Waals surface area (Å²) in [5.41, 5.74) is 1.99. The van der Waals surface area contributed by atoms with Crippen molar-refractivity contribution in [3.8, 4) is 17.1 Å². The average Bonchev–Trinajstić information content (AvgIpc) is 3.11. The molecule has 0 bridgehead atoms. The minimum atomic E-state index is -0.761. The van der Waals surface area contributed by atoms with Gasteiger partial charge in [-0.1, -0.05) is 58.2 Å². The number of benzene rings is 2. The maximum atomic E-state index is 12.2. The summed E-state index contributed by atoms with van der Waals surface area (Å²) >= 11 is 11.9. The van der Waals surface area contributed by atoms with Gasteiger partial charge in [0.15, 0.2) is 6.10 Å². The highest BCUT2D eigenvalue weighted by Gasteiger charge is 2.17.